The molecule has 0 unspecified atom stereocenters. The first-order valence-electron chi connectivity index (χ1n) is 6.63. The number of ether oxygens (including phenoxy) is 1. The normalized spacial score (nSPS) is 10.3. The van der Waals surface area contributed by atoms with Gasteiger partial charge in [-0.05, 0) is 47.0 Å². The van der Waals surface area contributed by atoms with Crippen LogP contribution in [0, 0.1) is 6.92 Å². The Labute approximate surface area is 127 Å². The fourth-order valence-electron chi connectivity index (χ4n) is 1.79. The molecule has 5 heteroatoms. The van der Waals surface area contributed by atoms with E-state index in [-0.39, 0.29) is 0 Å². The third kappa shape index (κ3) is 3.93. The second kappa shape index (κ2) is 7.24. The summed E-state index contributed by atoms with van der Waals surface area (Å²) < 4.78 is 6.63. The molecule has 0 atom stereocenters. The highest BCUT2D eigenvalue weighted by molar-refractivity contribution is 9.10. The highest BCUT2D eigenvalue weighted by atomic mass is 79.9. The number of rotatable bonds is 6. The van der Waals surface area contributed by atoms with E-state index in [1.807, 2.05) is 25.1 Å². The molecule has 1 N–H and O–H groups in total. The third-order valence-electron chi connectivity index (χ3n) is 2.78. The Morgan fingerprint density at radius 3 is 2.95 bits per heavy atom. The van der Waals surface area contributed by atoms with E-state index in [4.69, 9.17) is 4.74 Å². The second-order valence-corrected chi connectivity index (χ2v) is 5.40. The monoisotopic (exact) mass is 335 g/mol. The van der Waals surface area contributed by atoms with Crippen LogP contribution >= 0.6 is 15.9 Å². The zero-order valence-electron chi connectivity index (χ0n) is 11.7. The number of aromatic nitrogens is 2. The standard InChI is InChI=1S/C15H18BrN3O/c1-3-7-20-15-12(5-4-6-17-15)9-18-14-11(2)8-13(16)10-19-14/h4-6,8,10H,3,7,9H2,1-2H3,(H,18,19). The number of aryl methyl sites for hydroxylation is 1. The summed E-state index contributed by atoms with van der Waals surface area (Å²) in [5.41, 5.74) is 2.13. The molecule has 4 nitrogen and oxygen atoms in total. The first-order chi connectivity index (χ1) is 9.70. The third-order valence-corrected chi connectivity index (χ3v) is 3.22. The lowest BCUT2D eigenvalue weighted by molar-refractivity contribution is 0.302. The summed E-state index contributed by atoms with van der Waals surface area (Å²) in [6, 6.07) is 5.96. The molecule has 0 saturated carbocycles. The van der Waals surface area contributed by atoms with Crippen LogP contribution in [-0.2, 0) is 6.54 Å². The highest BCUT2D eigenvalue weighted by Gasteiger charge is 2.06. The predicted octanol–water partition coefficient (Wildman–Crippen LogP) is 3.95. The van der Waals surface area contributed by atoms with E-state index >= 15 is 0 Å². The number of hydrogen-bond donors (Lipinski definition) is 1. The minimum Gasteiger partial charge on any atom is -0.477 e. The number of halogens is 1. The smallest absolute Gasteiger partial charge is 0.218 e. The van der Waals surface area contributed by atoms with Crippen LogP contribution < -0.4 is 10.1 Å². The molecule has 0 fully saturated rings. The summed E-state index contributed by atoms with van der Waals surface area (Å²) in [5.74, 6) is 1.56. The summed E-state index contributed by atoms with van der Waals surface area (Å²) in [4.78, 5) is 8.64. The highest BCUT2D eigenvalue weighted by Crippen LogP contribution is 2.20. The van der Waals surface area contributed by atoms with Crippen molar-refractivity contribution in [2.75, 3.05) is 11.9 Å². The molecular formula is C15H18BrN3O. The van der Waals surface area contributed by atoms with Crippen molar-refractivity contribution < 1.29 is 4.74 Å². The molecule has 0 aliphatic rings. The number of anilines is 1. The molecule has 2 aromatic rings. The van der Waals surface area contributed by atoms with Gasteiger partial charge in [-0.3, -0.25) is 0 Å². The van der Waals surface area contributed by atoms with Crippen molar-refractivity contribution in [1.82, 2.24) is 9.97 Å². The Bertz CT molecular complexity index is 575. The lowest BCUT2D eigenvalue weighted by Crippen LogP contribution is -2.07. The van der Waals surface area contributed by atoms with Crippen molar-refractivity contribution in [3.05, 3.63) is 46.2 Å². The Morgan fingerprint density at radius 1 is 1.35 bits per heavy atom. The van der Waals surface area contributed by atoms with Gasteiger partial charge in [0, 0.05) is 29.0 Å². The lowest BCUT2D eigenvalue weighted by atomic mass is 10.2. The van der Waals surface area contributed by atoms with Crippen LogP contribution in [0.25, 0.3) is 0 Å². The number of hydrogen-bond acceptors (Lipinski definition) is 4. The van der Waals surface area contributed by atoms with Gasteiger partial charge < -0.3 is 10.1 Å². The van der Waals surface area contributed by atoms with Gasteiger partial charge in [0.15, 0.2) is 0 Å². The maximum atomic E-state index is 5.65. The van der Waals surface area contributed by atoms with Gasteiger partial charge >= 0.3 is 0 Å². The number of nitrogens with zero attached hydrogens (tertiary/aromatic N) is 2. The van der Waals surface area contributed by atoms with Crippen LogP contribution in [0.15, 0.2) is 35.1 Å². The van der Waals surface area contributed by atoms with Crippen LogP contribution in [-0.4, -0.2) is 16.6 Å². The molecule has 0 aliphatic carbocycles. The van der Waals surface area contributed by atoms with E-state index in [2.05, 4.69) is 38.1 Å². The van der Waals surface area contributed by atoms with Gasteiger partial charge in [0.25, 0.3) is 0 Å². The van der Waals surface area contributed by atoms with Crippen LogP contribution in [0.3, 0.4) is 0 Å². The average molecular weight is 336 g/mol. The minimum atomic E-state index is 0.641. The quantitative estimate of drug-likeness (QED) is 0.868. The first kappa shape index (κ1) is 14.8. The maximum Gasteiger partial charge on any atom is 0.218 e. The Balaban J connectivity index is 2.06. The SMILES string of the molecule is CCCOc1ncccc1CNc1ncc(Br)cc1C. The van der Waals surface area contributed by atoms with Crippen LogP contribution in [0.1, 0.15) is 24.5 Å². The van der Waals surface area contributed by atoms with Crippen molar-refractivity contribution in [1.29, 1.82) is 0 Å². The van der Waals surface area contributed by atoms with Gasteiger partial charge in [-0.15, -0.1) is 0 Å². The summed E-state index contributed by atoms with van der Waals surface area (Å²) in [5, 5.41) is 3.32. The molecule has 20 heavy (non-hydrogen) atoms. The van der Waals surface area contributed by atoms with E-state index in [9.17, 15) is 0 Å². The first-order valence-corrected chi connectivity index (χ1v) is 7.42. The molecule has 0 saturated heterocycles. The zero-order chi connectivity index (χ0) is 14.4. The maximum absolute atomic E-state index is 5.65. The van der Waals surface area contributed by atoms with E-state index in [0.717, 1.165) is 27.8 Å². The topological polar surface area (TPSA) is 47.0 Å². The van der Waals surface area contributed by atoms with Crippen LogP contribution in [0.4, 0.5) is 5.82 Å². The average Bonchev–Trinajstić information content (AvgIpc) is 2.45. The summed E-state index contributed by atoms with van der Waals surface area (Å²) in [6.07, 6.45) is 4.50. The molecule has 0 aromatic carbocycles. The minimum absolute atomic E-state index is 0.641. The number of pyridine rings is 2. The second-order valence-electron chi connectivity index (χ2n) is 4.49. The van der Waals surface area contributed by atoms with Gasteiger partial charge in [0.2, 0.25) is 5.88 Å². The van der Waals surface area contributed by atoms with Crippen molar-refractivity contribution in [3.8, 4) is 5.88 Å². The van der Waals surface area contributed by atoms with E-state index in [1.165, 1.54) is 0 Å². The molecular weight excluding hydrogens is 318 g/mol. The van der Waals surface area contributed by atoms with Gasteiger partial charge in [-0.1, -0.05) is 13.0 Å². The van der Waals surface area contributed by atoms with E-state index in [1.54, 1.807) is 12.4 Å². The van der Waals surface area contributed by atoms with Crippen molar-refractivity contribution >= 4 is 21.7 Å². The van der Waals surface area contributed by atoms with Crippen molar-refractivity contribution in [2.45, 2.75) is 26.8 Å². The van der Waals surface area contributed by atoms with Crippen LogP contribution in [0.5, 0.6) is 5.88 Å². The van der Waals surface area contributed by atoms with Gasteiger partial charge in [-0.2, -0.15) is 0 Å². The molecule has 0 amide bonds. The fraction of sp³-hybridized carbons (Fsp3) is 0.333. The van der Waals surface area contributed by atoms with E-state index < -0.39 is 0 Å². The van der Waals surface area contributed by atoms with Crippen molar-refractivity contribution in [2.24, 2.45) is 0 Å². The molecule has 2 aromatic heterocycles. The van der Waals surface area contributed by atoms with Gasteiger partial charge in [0.1, 0.15) is 5.82 Å². The van der Waals surface area contributed by atoms with Gasteiger partial charge in [-0.25, -0.2) is 9.97 Å². The molecule has 2 rings (SSSR count). The summed E-state index contributed by atoms with van der Waals surface area (Å²) >= 11 is 3.41. The van der Waals surface area contributed by atoms with Crippen molar-refractivity contribution in [3.63, 3.8) is 0 Å². The predicted molar refractivity (Wildman–Crippen MR) is 84.0 cm³/mol. The number of nitrogens with one attached hydrogen (secondary N) is 1. The lowest BCUT2D eigenvalue weighted by Gasteiger charge is -2.12. The largest absolute Gasteiger partial charge is 0.477 e. The molecule has 2 heterocycles. The van der Waals surface area contributed by atoms with Crippen LogP contribution in [0.2, 0.25) is 0 Å². The molecule has 0 radical (unpaired) electrons. The molecule has 0 aliphatic heterocycles. The summed E-state index contributed by atoms with van der Waals surface area (Å²) in [7, 11) is 0. The van der Waals surface area contributed by atoms with E-state index in [0.29, 0.717) is 19.0 Å². The Morgan fingerprint density at radius 2 is 2.20 bits per heavy atom. The Kier molecular flexibility index (Phi) is 5.35. The molecule has 106 valence electrons. The zero-order valence-corrected chi connectivity index (χ0v) is 13.3. The summed E-state index contributed by atoms with van der Waals surface area (Å²) in [6.45, 7) is 5.43. The van der Waals surface area contributed by atoms with Gasteiger partial charge in [0.05, 0.1) is 6.61 Å². The molecule has 0 spiro atoms. The molecule has 0 bridgehead atoms. The fourth-order valence-corrected chi connectivity index (χ4v) is 2.24. The Hall–Kier alpha value is -1.62.